The van der Waals surface area contributed by atoms with Crippen molar-refractivity contribution < 1.29 is 27.4 Å². The number of benzene rings is 1. The van der Waals surface area contributed by atoms with Gasteiger partial charge in [0.05, 0.1) is 48.6 Å². The Morgan fingerprint density at radius 2 is 1.97 bits per heavy atom. The highest BCUT2D eigenvalue weighted by Crippen LogP contribution is 2.40. The van der Waals surface area contributed by atoms with Crippen molar-refractivity contribution in [2.45, 2.75) is 32.5 Å². The molecular weight excluding hydrogens is 411 g/mol. The predicted octanol–water partition coefficient (Wildman–Crippen LogP) is 4.27. The minimum absolute atomic E-state index is 0.0573. The predicted molar refractivity (Wildman–Crippen MR) is 110 cm³/mol. The van der Waals surface area contributed by atoms with E-state index < -0.39 is 11.7 Å². The van der Waals surface area contributed by atoms with Crippen LogP contribution in [0.4, 0.5) is 24.5 Å². The number of amides is 1. The maximum atomic E-state index is 13.4. The molecule has 1 amide bonds. The van der Waals surface area contributed by atoms with Gasteiger partial charge in [0.15, 0.2) is 0 Å². The molecule has 6 nitrogen and oxygen atoms in total. The molecule has 0 bridgehead atoms. The molecule has 0 unspecified atom stereocenters. The Labute approximate surface area is 178 Å². The molecule has 2 aliphatic heterocycles. The van der Waals surface area contributed by atoms with Crippen molar-refractivity contribution in [3.05, 3.63) is 47.2 Å². The topological polar surface area (TPSA) is 54.9 Å². The average Bonchev–Trinajstić information content (AvgIpc) is 2.74. The van der Waals surface area contributed by atoms with E-state index in [1.165, 1.54) is 13.2 Å². The van der Waals surface area contributed by atoms with Crippen LogP contribution in [0.3, 0.4) is 0 Å². The van der Waals surface area contributed by atoms with Gasteiger partial charge in [0, 0.05) is 18.7 Å². The summed E-state index contributed by atoms with van der Waals surface area (Å²) in [6.07, 6.45) is -3.82. The highest BCUT2D eigenvalue weighted by molar-refractivity contribution is 6.12. The molecule has 3 heterocycles. The Balaban J connectivity index is 1.81. The second-order valence-corrected chi connectivity index (χ2v) is 7.94. The number of aromatic nitrogens is 1. The lowest BCUT2D eigenvalue weighted by Crippen LogP contribution is -2.55. The van der Waals surface area contributed by atoms with Crippen LogP contribution in [0.2, 0.25) is 0 Å². The van der Waals surface area contributed by atoms with Gasteiger partial charge in [-0.25, -0.2) is 4.98 Å². The lowest BCUT2D eigenvalue weighted by atomic mass is 9.93. The molecule has 0 saturated carbocycles. The molecule has 9 heteroatoms. The maximum absolute atomic E-state index is 13.4. The summed E-state index contributed by atoms with van der Waals surface area (Å²) < 4.78 is 50.9. The van der Waals surface area contributed by atoms with Gasteiger partial charge in [-0.3, -0.25) is 9.69 Å². The van der Waals surface area contributed by atoms with Crippen LogP contribution in [0, 0.1) is 12.8 Å². The van der Waals surface area contributed by atoms with Crippen LogP contribution in [-0.4, -0.2) is 43.9 Å². The normalized spacial score (nSPS) is 21.8. The molecular formula is C22H24F3N3O3. The zero-order valence-corrected chi connectivity index (χ0v) is 17.6. The van der Waals surface area contributed by atoms with E-state index in [1.807, 2.05) is 11.8 Å². The Hall–Kier alpha value is -2.81. The van der Waals surface area contributed by atoms with Crippen LogP contribution in [0.15, 0.2) is 30.3 Å². The average molecular weight is 435 g/mol. The van der Waals surface area contributed by atoms with Gasteiger partial charge in [-0.15, -0.1) is 0 Å². The number of methoxy groups -OCH3 is 1. The van der Waals surface area contributed by atoms with Gasteiger partial charge in [-0.2, -0.15) is 13.2 Å². The first-order chi connectivity index (χ1) is 14.7. The summed E-state index contributed by atoms with van der Waals surface area (Å²) in [7, 11) is 1.51. The van der Waals surface area contributed by atoms with Crippen LogP contribution in [0.1, 0.15) is 35.0 Å². The number of halogens is 3. The van der Waals surface area contributed by atoms with Gasteiger partial charge in [0.1, 0.15) is 0 Å². The summed E-state index contributed by atoms with van der Waals surface area (Å²) in [5, 5.41) is 0. The van der Waals surface area contributed by atoms with Crippen LogP contribution in [0.5, 0.6) is 5.88 Å². The van der Waals surface area contributed by atoms with Gasteiger partial charge in [-0.1, -0.05) is 6.92 Å². The zero-order chi connectivity index (χ0) is 22.3. The van der Waals surface area contributed by atoms with E-state index >= 15 is 0 Å². The first-order valence-corrected chi connectivity index (χ1v) is 10.1. The monoisotopic (exact) mass is 435 g/mol. The van der Waals surface area contributed by atoms with Crippen molar-refractivity contribution in [1.82, 2.24) is 4.98 Å². The highest BCUT2D eigenvalue weighted by atomic mass is 19.4. The fourth-order valence-electron chi connectivity index (χ4n) is 4.30. The SMILES string of the molecule is COc1ccc(N2CN([C@@H]3CCOC[C@@H]3C)c3cc(C(F)(F)F)ccc3C2=O)c(C)n1. The van der Waals surface area contributed by atoms with Crippen LogP contribution >= 0.6 is 0 Å². The fraction of sp³-hybridized carbons (Fsp3) is 0.455. The second kappa shape index (κ2) is 8.03. The first-order valence-electron chi connectivity index (χ1n) is 10.1. The van der Waals surface area contributed by atoms with E-state index in [0.717, 1.165) is 12.1 Å². The largest absolute Gasteiger partial charge is 0.481 e. The number of pyridine rings is 1. The number of carbonyl (C=O) groups excluding carboxylic acids is 1. The minimum atomic E-state index is -4.49. The number of aryl methyl sites for hydroxylation is 1. The summed E-state index contributed by atoms with van der Waals surface area (Å²) in [5.74, 6) is 0.173. The molecule has 1 aromatic carbocycles. The van der Waals surface area contributed by atoms with Crippen molar-refractivity contribution in [2.24, 2.45) is 5.92 Å². The zero-order valence-electron chi connectivity index (χ0n) is 17.6. The van der Waals surface area contributed by atoms with Crippen LogP contribution in [0.25, 0.3) is 0 Å². The highest BCUT2D eigenvalue weighted by Gasteiger charge is 2.40. The molecule has 1 saturated heterocycles. The molecule has 0 aliphatic carbocycles. The number of ether oxygens (including phenoxy) is 2. The van der Waals surface area contributed by atoms with Gasteiger partial charge < -0.3 is 14.4 Å². The van der Waals surface area contributed by atoms with E-state index in [0.29, 0.717) is 42.6 Å². The van der Waals surface area contributed by atoms with Crippen molar-refractivity contribution in [2.75, 3.05) is 36.8 Å². The van der Waals surface area contributed by atoms with E-state index in [4.69, 9.17) is 9.47 Å². The summed E-state index contributed by atoms with van der Waals surface area (Å²) in [5.41, 5.74) is 0.991. The smallest absolute Gasteiger partial charge is 0.416 e. The number of nitrogens with zero attached hydrogens (tertiary/aromatic N) is 3. The second-order valence-electron chi connectivity index (χ2n) is 7.94. The molecule has 0 N–H and O–H groups in total. The number of alkyl halides is 3. The van der Waals surface area contributed by atoms with Crippen molar-refractivity contribution in [1.29, 1.82) is 0 Å². The van der Waals surface area contributed by atoms with E-state index in [2.05, 4.69) is 4.98 Å². The third-order valence-electron chi connectivity index (χ3n) is 5.93. The molecule has 166 valence electrons. The minimum Gasteiger partial charge on any atom is -0.481 e. The molecule has 1 aromatic heterocycles. The molecule has 31 heavy (non-hydrogen) atoms. The lowest BCUT2D eigenvalue weighted by Gasteiger charge is -2.46. The molecule has 1 fully saturated rings. The van der Waals surface area contributed by atoms with E-state index in [9.17, 15) is 18.0 Å². The van der Waals surface area contributed by atoms with E-state index in [-0.39, 0.29) is 30.1 Å². The van der Waals surface area contributed by atoms with Gasteiger partial charge >= 0.3 is 6.18 Å². The molecule has 0 radical (unpaired) electrons. The van der Waals surface area contributed by atoms with Crippen LogP contribution < -0.4 is 14.5 Å². The third-order valence-corrected chi connectivity index (χ3v) is 5.93. The van der Waals surface area contributed by atoms with Crippen molar-refractivity contribution in [3.63, 3.8) is 0 Å². The summed E-state index contributed by atoms with van der Waals surface area (Å²) in [6, 6.07) is 6.68. The number of carbonyl (C=O) groups is 1. The van der Waals surface area contributed by atoms with Gasteiger partial charge in [0.25, 0.3) is 5.91 Å². The Morgan fingerprint density at radius 3 is 2.61 bits per heavy atom. The third kappa shape index (κ3) is 3.94. The number of fused-ring (bicyclic) bond motifs is 1. The van der Waals surface area contributed by atoms with Gasteiger partial charge in [0.2, 0.25) is 5.88 Å². The molecule has 2 atom stereocenters. The number of hydrogen-bond donors (Lipinski definition) is 0. The van der Waals surface area contributed by atoms with Gasteiger partial charge in [-0.05, 0) is 43.5 Å². The Morgan fingerprint density at radius 1 is 1.19 bits per heavy atom. The first kappa shape index (κ1) is 21.4. The number of hydrogen-bond acceptors (Lipinski definition) is 5. The van der Waals surface area contributed by atoms with Crippen molar-refractivity contribution >= 4 is 17.3 Å². The molecule has 0 spiro atoms. The summed E-state index contributed by atoms with van der Waals surface area (Å²) in [6.45, 7) is 4.97. The number of rotatable bonds is 3. The molecule has 2 aromatic rings. The Kier molecular flexibility index (Phi) is 5.55. The number of anilines is 2. The summed E-state index contributed by atoms with van der Waals surface area (Å²) in [4.78, 5) is 21.2. The quantitative estimate of drug-likeness (QED) is 0.721. The lowest BCUT2D eigenvalue weighted by molar-refractivity contribution is -0.137. The molecule has 2 aliphatic rings. The van der Waals surface area contributed by atoms with Crippen molar-refractivity contribution in [3.8, 4) is 5.88 Å². The van der Waals surface area contributed by atoms with Crippen LogP contribution in [-0.2, 0) is 10.9 Å². The fourth-order valence-corrected chi connectivity index (χ4v) is 4.30. The molecule has 4 rings (SSSR count). The maximum Gasteiger partial charge on any atom is 0.416 e. The van der Waals surface area contributed by atoms with E-state index in [1.54, 1.807) is 24.0 Å². The summed E-state index contributed by atoms with van der Waals surface area (Å²) >= 11 is 0. The standard InChI is InChI=1S/C22H24F3N3O3/c1-13-11-31-9-8-17(13)27-12-28(18-6-7-20(30-3)26-14(18)2)21(29)16-5-4-15(10-19(16)27)22(23,24)25/h4-7,10,13,17H,8-9,11-12H2,1-3H3/t13-,17+/m0/s1. The Bertz CT molecular complexity index is 996.